The first-order chi connectivity index (χ1) is 4.20. The lowest BCUT2D eigenvalue weighted by Gasteiger charge is -2.03. The zero-order valence-electron chi connectivity index (χ0n) is 5.55. The molecule has 0 aromatic carbocycles. The first-order valence-corrected chi connectivity index (χ1v) is 2.94. The van der Waals surface area contributed by atoms with E-state index in [1.807, 2.05) is 6.92 Å². The topological polar surface area (TPSA) is 37.3 Å². The Morgan fingerprint density at radius 3 is 2.78 bits per heavy atom. The lowest BCUT2D eigenvalue weighted by molar-refractivity contribution is 0.172. The van der Waals surface area contributed by atoms with E-state index in [4.69, 9.17) is 5.11 Å². The molecule has 0 aromatic rings. The second-order valence-electron chi connectivity index (χ2n) is 1.97. The number of aliphatic hydroxyl groups is 1. The maximum atomic E-state index is 9.82. The van der Waals surface area contributed by atoms with Gasteiger partial charge in [0.1, 0.15) is 0 Å². The van der Waals surface area contributed by atoms with Crippen molar-refractivity contribution in [1.82, 2.24) is 0 Å². The number of aliphatic hydroxyl groups excluding tert-OH is 1. The van der Waals surface area contributed by atoms with E-state index < -0.39 is 6.10 Å². The molecule has 2 nitrogen and oxygen atoms in total. The summed E-state index contributed by atoms with van der Waals surface area (Å²) in [6.07, 6.45) is 2.19. The van der Waals surface area contributed by atoms with Crippen LogP contribution < -0.4 is 0 Å². The monoisotopic (exact) mass is 127 g/mol. The third-order valence-corrected chi connectivity index (χ3v) is 1.10. The molecule has 0 saturated carbocycles. The molecule has 2 heteroatoms. The van der Waals surface area contributed by atoms with Gasteiger partial charge < -0.3 is 5.11 Å². The largest absolute Gasteiger partial charge is 0.393 e. The summed E-state index contributed by atoms with van der Waals surface area (Å²) < 4.78 is 0. The van der Waals surface area contributed by atoms with Crippen LogP contribution >= 0.6 is 0 Å². The highest BCUT2D eigenvalue weighted by Gasteiger charge is 2.01. The van der Waals surface area contributed by atoms with E-state index in [-0.39, 0.29) is 0 Å². The number of carbonyl (C=O) groups excluding carboxylic acids is 1. The van der Waals surface area contributed by atoms with Crippen LogP contribution in [-0.2, 0) is 4.79 Å². The van der Waals surface area contributed by atoms with E-state index in [9.17, 15) is 4.79 Å². The number of hydrogen-bond donors (Lipinski definition) is 1. The van der Waals surface area contributed by atoms with Crippen LogP contribution in [-0.4, -0.2) is 17.5 Å². The smallest absolute Gasteiger partial charge is 0.228 e. The van der Waals surface area contributed by atoms with Crippen LogP contribution in [0.1, 0.15) is 19.8 Å². The Morgan fingerprint density at radius 1 is 1.89 bits per heavy atom. The molecule has 0 aliphatic carbocycles. The third kappa shape index (κ3) is 3.91. The van der Waals surface area contributed by atoms with Gasteiger partial charge in [-0.2, -0.15) is 0 Å². The van der Waals surface area contributed by atoms with Crippen LogP contribution in [0.3, 0.4) is 0 Å². The van der Waals surface area contributed by atoms with Crippen LogP contribution in [0.15, 0.2) is 12.2 Å². The molecule has 0 aromatic heterocycles. The highest BCUT2D eigenvalue weighted by Crippen LogP contribution is 2.02. The van der Waals surface area contributed by atoms with Gasteiger partial charge in [0, 0.05) is 6.42 Å². The van der Waals surface area contributed by atoms with Crippen LogP contribution in [0.2, 0.25) is 0 Å². The van der Waals surface area contributed by atoms with Gasteiger partial charge in [0.25, 0.3) is 0 Å². The summed E-state index contributed by atoms with van der Waals surface area (Å²) in [5.41, 5.74) is 0.337. The molecule has 0 heterocycles. The van der Waals surface area contributed by atoms with Gasteiger partial charge in [0.2, 0.25) is 6.29 Å². The number of rotatable bonds is 4. The maximum Gasteiger partial charge on any atom is 0.228 e. The minimum atomic E-state index is -0.432. The lowest BCUT2D eigenvalue weighted by atomic mass is 10.1. The van der Waals surface area contributed by atoms with E-state index in [2.05, 4.69) is 6.58 Å². The summed E-state index contributed by atoms with van der Waals surface area (Å²) in [5.74, 6) is 0. The van der Waals surface area contributed by atoms with Gasteiger partial charge in [-0.15, -0.1) is 0 Å². The highest BCUT2D eigenvalue weighted by molar-refractivity contribution is 5.72. The zero-order chi connectivity index (χ0) is 7.28. The third-order valence-electron chi connectivity index (χ3n) is 1.10. The standard InChI is InChI=1S/C7H11O2/c1-3-7(9)4-6(2)5-8/h7,9H,2-4H2,1H3. The van der Waals surface area contributed by atoms with E-state index in [1.54, 1.807) is 6.29 Å². The average molecular weight is 127 g/mol. The fourth-order valence-corrected chi connectivity index (χ4v) is 0.470. The van der Waals surface area contributed by atoms with Crippen molar-refractivity contribution in [2.24, 2.45) is 0 Å². The summed E-state index contributed by atoms with van der Waals surface area (Å²) in [6, 6.07) is 0. The summed E-state index contributed by atoms with van der Waals surface area (Å²) in [6.45, 7) is 5.23. The summed E-state index contributed by atoms with van der Waals surface area (Å²) in [4.78, 5) is 9.82. The van der Waals surface area contributed by atoms with Crippen molar-refractivity contribution in [1.29, 1.82) is 0 Å². The molecule has 0 aliphatic heterocycles. The molecule has 0 amide bonds. The van der Waals surface area contributed by atoms with Crippen molar-refractivity contribution < 1.29 is 9.90 Å². The van der Waals surface area contributed by atoms with Gasteiger partial charge in [0.05, 0.1) is 6.10 Å². The van der Waals surface area contributed by atoms with Gasteiger partial charge in [-0.05, 0) is 12.0 Å². The van der Waals surface area contributed by atoms with Crippen molar-refractivity contribution in [3.63, 3.8) is 0 Å². The molecule has 1 radical (unpaired) electrons. The van der Waals surface area contributed by atoms with E-state index >= 15 is 0 Å². The normalized spacial score (nSPS) is 12.7. The van der Waals surface area contributed by atoms with Crippen LogP contribution in [0.4, 0.5) is 0 Å². The van der Waals surface area contributed by atoms with Crippen molar-refractivity contribution in [3.8, 4) is 0 Å². The molecule has 0 spiro atoms. The molecular formula is C7H11O2. The summed E-state index contributed by atoms with van der Waals surface area (Å²) >= 11 is 0. The summed E-state index contributed by atoms with van der Waals surface area (Å²) in [5, 5.41) is 8.92. The van der Waals surface area contributed by atoms with Gasteiger partial charge in [-0.3, -0.25) is 4.79 Å². The van der Waals surface area contributed by atoms with E-state index in [0.29, 0.717) is 18.4 Å². The Balaban J connectivity index is 3.46. The second-order valence-corrected chi connectivity index (χ2v) is 1.97. The minimum absolute atomic E-state index is 0.337. The van der Waals surface area contributed by atoms with E-state index in [1.165, 1.54) is 0 Å². The molecule has 1 atom stereocenters. The van der Waals surface area contributed by atoms with E-state index in [0.717, 1.165) is 0 Å². The maximum absolute atomic E-state index is 9.82. The predicted molar refractivity (Wildman–Crippen MR) is 35.7 cm³/mol. The lowest BCUT2D eigenvalue weighted by Crippen LogP contribution is -2.05. The molecular weight excluding hydrogens is 116 g/mol. The second kappa shape index (κ2) is 4.27. The zero-order valence-corrected chi connectivity index (χ0v) is 5.55. The molecule has 9 heavy (non-hydrogen) atoms. The molecule has 0 aliphatic rings. The minimum Gasteiger partial charge on any atom is -0.393 e. The van der Waals surface area contributed by atoms with Crippen molar-refractivity contribution in [2.75, 3.05) is 0 Å². The van der Waals surface area contributed by atoms with Gasteiger partial charge in [-0.25, -0.2) is 0 Å². The van der Waals surface area contributed by atoms with Crippen molar-refractivity contribution in [2.45, 2.75) is 25.9 Å². The molecule has 0 fully saturated rings. The fraction of sp³-hybridized carbons (Fsp3) is 0.571. The first-order valence-electron chi connectivity index (χ1n) is 2.94. The Labute approximate surface area is 55.2 Å². The van der Waals surface area contributed by atoms with Crippen LogP contribution in [0.25, 0.3) is 0 Å². The van der Waals surface area contributed by atoms with Gasteiger partial charge in [-0.1, -0.05) is 13.5 Å². The molecule has 1 unspecified atom stereocenters. The Morgan fingerprint density at radius 2 is 2.44 bits per heavy atom. The van der Waals surface area contributed by atoms with Crippen LogP contribution in [0.5, 0.6) is 0 Å². The Kier molecular flexibility index (Phi) is 3.97. The Bertz CT molecular complexity index is 107. The fourth-order valence-electron chi connectivity index (χ4n) is 0.470. The summed E-state index contributed by atoms with van der Waals surface area (Å²) in [7, 11) is 0. The Hall–Kier alpha value is -0.630. The molecule has 1 N–H and O–H groups in total. The van der Waals surface area contributed by atoms with Crippen LogP contribution in [0, 0.1) is 0 Å². The average Bonchev–Trinajstić information content (AvgIpc) is 1.87. The first kappa shape index (κ1) is 8.37. The SMILES string of the molecule is C=C([C]=O)CC(O)CC. The number of hydrogen-bond acceptors (Lipinski definition) is 2. The predicted octanol–water partition coefficient (Wildman–Crippen LogP) is 0.813. The molecule has 51 valence electrons. The van der Waals surface area contributed by atoms with Gasteiger partial charge >= 0.3 is 0 Å². The molecule has 0 rings (SSSR count). The molecule has 0 saturated heterocycles. The quantitative estimate of drug-likeness (QED) is 0.567. The van der Waals surface area contributed by atoms with Crippen molar-refractivity contribution >= 4 is 6.29 Å². The molecule has 0 bridgehead atoms. The highest BCUT2D eigenvalue weighted by atomic mass is 16.3. The van der Waals surface area contributed by atoms with Crippen molar-refractivity contribution in [3.05, 3.63) is 12.2 Å². The van der Waals surface area contributed by atoms with Gasteiger partial charge in [0.15, 0.2) is 0 Å².